The van der Waals surface area contributed by atoms with Crippen LogP contribution in [0, 0.1) is 5.92 Å². The number of nitrogens with zero attached hydrogens (tertiary/aromatic N) is 1. The molecule has 120 valence electrons. The molecule has 0 aromatic heterocycles. The third-order valence-electron chi connectivity index (χ3n) is 4.71. The van der Waals surface area contributed by atoms with E-state index in [2.05, 4.69) is 19.2 Å². The third-order valence-corrected chi connectivity index (χ3v) is 4.71. The summed E-state index contributed by atoms with van der Waals surface area (Å²) in [6.07, 6.45) is 5.09. The van der Waals surface area contributed by atoms with E-state index in [0.717, 1.165) is 51.6 Å². The molecular formula is C16H28N2O3. The van der Waals surface area contributed by atoms with Crippen LogP contribution >= 0.6 is 0 Å². The van der Waals surface area contributed by atoms with Gasteiger partial charge in [-0.3, -0.25) is 9.59 Å². The minimum absolute atomic E-state index is 0.122. The van der Waals surface area contributed by atoms with Gasteiger partial charge < -0.3 is 15.0 Å². The summed E-state index contributed by atoms with van der Waals surface area (Å²) in [5.74, 6) is 0.428. The van der Waals surface area contributed by atoms with Crippen LogP contribution < -0.4 is 5.32 Å². The number of hydrogen-bond acceptors (Lipinski definition) is 3. The third kappa shape index (κ3) is 4.19. The van der Waals surface area contributed by atoms with Gasteiger partial charge >= 0.3 is 0 Å². The number of carbonyl (C=O) groups excluding carboxylic acids is 2. The Kier molecular flexibility index (Phi) is 6.03. The van der Waals surface area contributed by atoms with Crippen LogP contribution in [0.25, 0.3) is 0 Å². The summed E-state index contributed by atoms with van der Waals surface area (Å²) >= 11 is 0. The number of carbonyl (C=O) groups is 2. The number of ether oxygens (including phenoxy) is 1. The lowest BCUT2D eigenvalue weighted by Gasteiger charge is -2.34. The van der Waals surface area contributed by atoms with Gasteiger partial charge in [0, 0.05) is 31.7 Å². The number of nitrogens with one attached hydrogen (secondary N) is 1. The van der Waals surface area contributed by atoms with E-state index in [1.807, 2.05) is 4.90 Å². The van der Waals surface area contributed by atoms with E-state index in [-0.39, 0.29) is 29.9 Å². The maximum Gasteiger partial charge on any atom is 0.251 e. The molecule has 0 bridgehead atoms. The molecule has 2 heterocycles. The molecule has 5 nitrogen and oxygen atoms in total. The van der Waals surface area contributed by atoms with Gasteiger partial charge in [0.2, 0.25) is 5.91 Å². The summed E-state index contributed by atoms with van der Waals surface area (Å²) < 4.78 is 5.46. The summed E-state index contributed by atoms with van der Waals surface area (Å²) in [4.78, 5) is 26.2. The van der Waals surface area contributed by atoms with Crippen LogP contribution in [0.3, 0.4) is 0 Å². The first-order valence-electron chi connectivity index (χ1n) is 8.36. The zero-order chi connectivity index (χ0) is 15.2. The van der Waals surface area contributed by atoms with Gasteiger partial charge in [0.05, 0.1) is 0 Å². The van der Waals surface area contributed by atoms with E-state index in [1.54, 1.807) is 0 Å². The van der Waals surface area contributed by atoms with Crippen molar-refractivity contribution in [2.45, 2.75) is 64.5 Å². The molecule has 2 rings (SSSR count). The Hall–Kier alpha value is -1.10. The molecule has 2 aliphatic rings. The van der Waals surface area contributed by atoms with Gasteiger partial charge in [-0.25, -0.2) is 0 Å². The Morgan fingerprint density at radius 3 is 2.38 bits per heavy atom. The van der Waals surface area contributed by atoms with Crippen molar-refractivity contribution < 1.29 is 14.3 Å². The van der Waals surface area contributed by atoms with Crippen molar-refractivity contribution in [1.82, 2.24) is 10.2 Å². The molecule has 1 atom stereocenters. The van der Waals surface area contributed by atoms with Crippen LogP contribution in [0.4, 0.5) is 0 Å². The second-order valence-electron chi connectivity index (χ2n) is 6.12. The molecule has 1 unspecified atom stereocenters. The molecule has 2 saturated heterocycles. The van der Waals surface area contributed by atoms with Crippen LogP contribution in [-0.2, 0) is 14.3 Å². The predicted octanol–water partition coefficient (Wildman–Crippen LogP) is 1.71. The molecule has 2 fully saturated rings. The summed E-state index contributed by atoms with van der Waals surface area (Å²) in [6.45, 7) is 6.27. The standard InChI is InChI=1S/C16H28N2O3/c1-3-12(4-2)15(19)17-13-7-9-18(10-8-13)16(20)14-6-5-11-21-14/h12-14H,3-11H2,1-2H3,(H,17,19). The van der Waals surface area contributed by atoms with Gasteiger partial charge in [0.15, 0.2) is 0 Å². The fraction of sp³-hybridized carbons (Fsp3) is 0.875. The summed E-state index contributed by atoms with van der Waals surface area (Å²) in [5.41, 5.74) is 0. The number of rotatable bonds is 5. The van der Waals surface area contributed by atoms with Gasteiger partial charge in [0.1, 0.15) is 6.10 Å². The van der Waals surface area contributed by atoms with Gasteiger partial charge in [0.25, 0.3) is 5.91 Å². The van der Waals surface area contributed by atoms with Crippen molar-refractivity contribution in [2.75, 3.05) is 19.7 Å². The highest BCUT2D eigenvalue weighted by Crippen LogP contribution is 2.19. The smallest absolute Gasteiger partial charge is 0.251 e. The van der Waals surface area contributed by atoms with E-state index in [1.165, 1.54) is 0 Å². The highest BCUT2D eigenvalue weighted by molar-refractivity contribution is 5.81. The number of amides is 2. The lowest BCUT2D eigenvalue weighted by Crippen LogP contribution is -2.49. The normalized spacial score (nSPS) is 23.6. The van der Waals surface area contributed by atoms with Crippen LogP contribution in [0.1, 0.15) is 52.4 Å². The minimum Gasteiger partial charge on any atom is -0.368 e. The molecule has 5 heteroatoms. The monoisotopic (exact) mass is 296 g/mol. The lowest BCUT2D eigenvalue weighted by atomic mass is 9.99. The van der Waals surface area contributed by atoms with E-state index in [9.17, 15) is 9.59 Å². The van der Waals surface area contributed by atoms with Crippen molar-refractivity contribution in [3.63, 3.8) is 0 Å². The first kappa shape index (κ1) is 16.3. The molecule has 2 aliphatic heterocycles. The van der Waals surface area contributed by atoms with Crippen LogP contribution in [0.5, 0.6) is 0 Å². The summed E-state index contributed by atoms with van der Waals surface area (Å²) in [5, 5.41) is 3.14. The van der Waals surface area contributed by atoms with E-state index in [0.29, 0.717) is 6.61 Å². The fourth-order valence-electron chi connectivity index (χ4n) is 3.20. The zero-order valence-corrected chi connectivity index (χ0v) is 13.3. The Morgan fingerprint density at radius 2 is 1.86 bits per heavy atom. The van der Waals surface area contributed by atoms with Gasteiger partial charge in [-0.1, -0.05) is 13.8 Å². The number of hydrogen-bond donors (Lipinski definition) is 1. The van der Waals surface area contributed by atoms with Crippen LogP contribution in [-0.4, -0.2) is 48.6 Å². The molecule has 0 aromatic rings. The highest BCUT2D eigenvalue weighted by atomic mass is 16.5. The zero-order valence-electron chi connectivity index (χ0n) is 13.3. The molecule has 2 amide bonds. The number of likely N-dealkylation sites (tertiary alicyclic amines) is 1. The molecule has 0 aliphatic carbocycles. The molecule has 0 spiro atoms. The van der Waals surface area contributed by atoms with Crippen LogP contribution in [0.15, 0.2) is 0 Å². The Morgan fingerprint density at radius 1 is 1.19 bits per heavy atom. The average molecular weight is 296 g/mol. The Labute approximate surface area is 127 Å². The molecular weight excluding hydrogens is 268 g/mol. The van der Waals surface area contributed by atoms with E-state index < -0.39 is 0 Å². The second kappa shape index (κ2) is 7.78. The van der Waals surface area contributed by atoms with Crippen molar-refractivity contribution in [3.8, 4) is 0 Å². The van der Waals surface area contributed by atoms with Gasteiger partial charge in [-0.2, -0.15) is 0 Å². The van der Waals surface area contributed by atoms with E-state index >= 15 is 0 Å². The Bertz CT molecular complexity index is 355. The Balaban J connectivity index is 1.75. The highest BCUT2D eigenvalue weighted by Gasteiger charge is 2.31. The summed E-state index contributed by atoms with van der Waals surface area (Å²) in [6, 6.07) is 0.214. The first-order chi connectivity index (χ1) is 10.2. The largest absolute Gasteiger partial charge is 0.368 e. The molecule has 21 heavy (non-hydrogen) atoms. The molecule has 1 N–H and O–H groups in total. The van der Waals surface area contributed by atoms with Gasteiger partial charge in [-0.05, 0) is 38.5 Å². The van der Waals surface area contributed by atoms with Crippen molar-refractivity contribution in [2.24, 2.45) is 5.92 Å². The van der Waals surface area contributed by atoms with Gasteiger partial charge in [-0.15, -0.1) is 0 Å². The predicted molar refractivity (Wildman–Crippen MR) is 80.8 cm³/mol. The molecule has 0 radical (unpaired) electrons. The SMILES string of the molecule is CCC(CC)C(=O)NC1CCN(C(=O)C2CCCO2)CC1. The lowest BCUT2D eigenvalue weighted by molar-refractivity contribution is -0.142. The minimum atomic E-state index is -0.222. The quantitative estimate of drug-likeness (QED) is 0.840. The second-order valence-corrected chi connectivity index (χ2v) is 6.12. The molecule has 0 saturated carbocycles. The van der Waals surface area contributed by atoms with Crippen molar-refractivity contribution in [1.29, 1.82) is 0 Å². The fourth-order valence-corrected chi connectivity index (χ4v) is 3.20. The first-order valence-corrected chi connectivity index (χ1v) is 8.36. The van der Waals surface area contributed by atoms with Crippen molar-refractivity contribution in [3.05, 3.63) is 0 Å². The van der Waals surface area contributed by atoms with Crippen LogP contribution in [0.2, 0.25) is 0 Å². The topological polar surface area (TPSA) is 58.6 Å². The average Bonchev–Trinajstić information content (AvgIpc) is 3.03. The molecule has 0 aromatic carbocycles. The maximum absolute atomic E-state index is 12.2. The van der Waals surface area contributed by atoms with E-state index in [4.69, 9.17) is 4.74 Å². The number of piperidine rings is 1. The maximum atomic E-state index is 12.2. The van der Waals surface area contributed by atoms with Crippen molar-refractivity contribution >= 4 is 11.8 Å². The summed E-state index contributed by atoms with van der Waals surface area (Å²) in [7, 11) is 0.